The number of likely N-dealkylation sites (tertiary alicyclic amines) is 1. The number of alkyl halides is 1. The van der Waals surface area contributed by atoms with Crippen molar-refractivity contribution in [2.24, 2.45) is 0 Å². The molecular formula is C12H13BrFNO. The number of carbonyl (C=O) groups excluding carboxylic acids is 1. The first kappa shape index (κ1) is 11.6. The number of carbonyl (C=O) groups is 1. The molecule has 0 radical (unpaired) electrons. The SMILES string of the molecule is CC(c1ccc(F)cc1)N1CCC(Br)C1=O. The molecule has 0 bridgehead atoms. The Hall–Kier alpha value is -0.900. The summed E-state index contributed by atoms with van der Waals surface area (Å²) in [6.07, 6.45) is 0.838. The number of hydrogen-bond donors (Lipinski definition) is 0. The van der Waals surface area contributed by atoms with Crippen molar-refractivity contribution in [1.82, 2.24) is 4.90 Å². The smallest absolute Gasteiger partial charge is 0.236 e. The molecule has 0 aliphatic carbocycles. The molecule has 2 rings (SSSR count). The van der Waals surface area contributed by atoms with Gasteiger partial charge in [-0.05, 0) is 31.0 Å². The van der Waals surface area contributed by atoms with Crippen LogP contribution < -0.4 is 0 Å². The van der Waals surface area contributed by atoms with Crippen molar-refractivity contribution in [3.05, 3.63) is 35.6 Å². The second-order valence-electron chi connectivity index (χ2n) is 4.02. The Morgan fingerprint density at radius 2 is 2.06 bits per heavy atom. The molecule has 0 saturated carbocycles. The third-order valence-electron chi connectivity index (χ3n) is 2.99. The summed E-state index contributed by atoms with van der Waals surface area (Å²) in [4.78, 5) is 13.6. The van der Waals surface area contributed by atoms with Crippen LogP contribution in [0.25, 0.3) is 0 Å². The summed E-state index contributed by atoms with van der Waals surface area (Å²) >= 11 is 3.35. The third-order valence-corrected chi connectivity index (χ3v) is 3.84. The molecule has 1 aliphatic heterocycles. The number of nitrogens with zero attached hydrogens (tertiary/aromatic N) is 1. The normalized spacial score (nSPS) is 22.6. The lowest BCUT2D eigenvalue weighted by Crippen LogP contribution is -2.30. The van der Waals surface area contributed by atoms with Gasteiger partial charge in [0.2, 0.25) is 5.91 Å². The van der Waals surface area contributed by atoms with Crippen molar-refractivity contribution in [2.75, 3.05) is 6.54 Å². The molecule has 2 unspecified atom stereocenters. The van der Waals surface area contributed by atoms with E-state index < -0.39 is 0 Å². The molecule has 1 saturated heterocycles. The number of amides is 1. The third kappa shape index (κ3) is 2.12. The molecule has 1 aromatic carbocycles. The van der Waals surface area contributed by atoms with Gasteiger partial charge in [-0.2, -0.15) is 0 Å². The van der Waals surface area contributed by atoms with Crippen molar-refractivity contribution < 1.29 is 9.18 Å². The van der Waals surface area contributed by atoms with Crippen LogP contribution in [-0.2, 0) is 4.79 Å². The van der Waals surface area contributed by atoms with Crippen LogP contribution in [0.4, 0.5) is 4.39 Å². The van der Waals surface area contributed by atoms with E-state index in [1.165, 1.54) is 12.1 Å². The minimum atomic E-state index is -0.248. The molecule has 16 heavy (non-hydrogen) atoms. The summed E-state index contributed by atoms with van der Waals surface area (Å²) < 4.78 is 12.8. The second-order valence-corrected chi connectivity index (χ2v) is 5.12. The molecule has 86 valence electrons. The lowest BCUT2D eigenvalue weighted by Gasteiger charge is -2.24. The van der Waals surface area contributed by atoms with Crippen molar-refractivity contribution in [3.8, 4) is 0 Å². The molecule has 1 amide bonds. The molecule has 2 atom stereocenters. The largest absolute Gasteiger partial charge is 0.335 e. The predicted molar refractivity (Wildman–Crippen MR) is 63.9 cm³/mol. The minimum Gasteiger partial charge on any atom is -0.335 e. The zero-order chi connectivity index (χ0) is 11.7. The van der Waals surface area contributed by atoms with Crippen LogP contribution in [0.5, 0.6) is 0 Å². The highest BCUT2D eigenvalue weighted by molar-refractivity contribution is 9.10. The van der Waals surface area contributed by atoms with Gasteiger partial charge in [0.15, 0.2) is 0 Å². The van der Waals surface area contributed by atoms with Crippen LogP contribution in [0.3, 0.4) is 0 Å². The Morgan fingerprint density at radius 1 is 1.44 bits per heavy atom. The van der Waals surface area contributed by atoms with E-state index in [4.69, 9.17) is 0 Å². The lowest BCUT2D eigenvalue weighted by molar-refractivity contribution is -0.128. The van der Waals surface area contributed by atoms with Gasteiger partial charge in [-0.3, -0.25) is 4.79 Å². The molecule has 1 aliphatic rings. The maximum absolute atomic E-state index is 12.8. The van der Waals surface area contributed by atoms with Gasteiger partial charge in [0, 0.05) is 6.54 Å². The quantitative estimate of drug-likeness (QED) is 0.765. The van der Waals surface area contributed by atoms with Gasteiger partial charge >= 0.3 is 0 Å². The highest BCUT2D eigenvalue weighted by Gasteiger charge is 2.32. The van der Waals surface area contributed by atoms with E-state index in [2.05, 4.69) is 15.9 Å². The van der Waals surface area contributed by atoms with Crippen molar-refractivity contribution in [2.45, 2.75) is 24.2 Å². The fourth-order valence-corrected chi connectivity index (χ4v) is 2.44. The Bertz CT molecular complexity index is 393. The molecule has 0 N–H and O–H groups in total. The average Bonchev–Trinajstić information content (AvgIpc) is 2.60. The molecule has 1 aromatic rings. The van der Waals surface area contributed by atoms with E-state index in [-0.39, 0.29) is 22.6 Å². The van der Waals surface area contributed by atoms with E-state index in [9.17, 15) is 9.18 Å². The minimum absolute atomic E-state index is 0.00986. The summed E-state index contributed by atoms with van der Waals surface area (Å²) in [6, 6.07) is 6.33. The van der Waals surface area contributed by atoms with Crippen LogP contribution >= 0.6 is 15.9 Å². The highest BCUT2D eigenvalue weighted by atomic mass is 79.9. The van der Waals surface area contributed by atoms with Crippen molar-refractivity contribution in [1.29, 1.82) is 0 Å². The van der Waals surface area contributed by atoms with Gasteiger partial charge < -0.3 is 4.90 Å². The van der Waals surface area contributed by atoms with E-state index in [1.807, 2.05) is 11.8 Å². The number of halogens is 2. The van der Waals surface area contributed by atoms with E-state index in [1.54, 1.807) is 12.1 Å². The van der Waals surface area contributed by atoms with Gasteiger partial charge in [-0.1, -0.05) is 28.1 Å². The molecule has 0 spiro atoms. The zero-order valence-corrected chi connectivity index (χ0v) is 10.6. The van der Waals surface area contributed by atoms with Gasteiger partial charge in [0.05, 0.1) is 10.9 Å². The molecule has 4 heteroatoms. The fourth-order valence-electron chi connectivity index (χ4n) is 1.97. The number of benzene rings is 1. The Kier molecular flexibility index (Phi) is 3.28. The van der Waals surface area contributed by atoms with Crippen LogP contribution in [0.2, 0.25) is 0 Å². The molecule has 1 heterocycles. The first-order chi connectivity index (χ1) is 7.59. The standard InChI is InChI=1S/C12H13BrFNO/c1-8(9-2-4-10(14)5-3-9)15-7-6-11(13)12(15)16/h2-5,8,11H,6-7H2,1H3. The topological polar surface area (TPSA) is 20.3 Å². The van der Waals surface area contributed by atoms with E-state index >= 15 is 0 Å². The monoisotopic (exact) mass is 285 g/mol. The van der Waals surface area contributed by atoms with Gasteiger partial charge in [-0.15, -0.1) is 0 Å². The lowest BCUT2D eigenvalue weighted by atomic mass is 10.1. The molecule has 2 nitrogen and oxygen atoms in total. The van der Waals surface area contributed by atoms with Crippen LogP contribution in [0.1, 0.15) is 24.9 Å². The maximum Gasteiger partial charge on any atom is 0.236 e. The number of rotatable bonds is 2. The van der Waals surface area contributed by atoms with Crippen molar-refractivity contribution in [3.63, 3.8) is 0 Å². The predicted octanol–water partition coefficient (Wildman–Crippen LogP) is 2.88. The Labute approximate surface area is 103 Å². The maximum atomic E-state index is 12.8. The first-order valence-corrected chi connectivity index (χ1v) is 6.21. The summed E-state index contributed by atoms with van der Waals surface area (Å²) in [5.41, 5.74) is 0.969. The van der Waals surface area contributed by atoms with Crippen LogP contribution in [0.15, 0.2) is 24.3 Å². The van der Waals surface area contributed by atoms with Gasteiger partial charge in [0.25, 0.3) is 0 Å². The zero-order valence-electron chi connectivity index (χ0n) is 8.99. The Morgan fingerprint density at radius 3 is 2.56 bits per heavy atom. The molecule has 1 fully saturated rings. The summed E-state index contributed by atoms with van der Waals surface area (Å²) in [5.74, 6) is -0.126. The first-order valence-electron chi connectivity index (χ1n) is 5.29. The summed E-state index contributed by atoms with van der Waals surface area (Å²) in [6.45, 7) is 2.73. The van der Waals surface area contributed by atoms with Gasteiger partial charge in [0.1, 0.15) is 5.82 Å². The fraction of sp³-hybridized carbons (Fsp3) is 0.417. The second kappa shape index (κ2) is 4.53. The Balaban J connectivity index is 2.16. The van der Waals surface area contributed by atoms with Crippen LogP contribution in [-0.4, -0.2) is 22.2 Å². The van der Waals surface area contributed by atoms with Crippen LogP contribution in [0, 0.1) is 5.82 Å². The molecule has 0 aromatic heterocycles. The van der Waals surface area contributed by atoms with E-state index in [0.29, 0.717) is 0 Å². The summed E-state index contributed by atoms with van der Waals surface area (Å²) in [5, 5.41) is 0. The van der Waals surface area contributed by atoms with Crippen molar-refractivity contribution >= 4 is 21.8 Å². The van der Waals surface area contributed by atoms with Gasteiger partial charge in [-0.25, -0.2) is 4.39 Å². The summed E-state index contributed by atoms with van der Waals surface area (Å²) in [7, 11) is 0. The average molecular weight is 286 g/mol. The highest BCUT2D eigenvalue weighted by Crippen LogP contribution is 2.28. The van der Waals surface area contributed by atoms with E-state index in [0.717, 1.165) is 18.5 Å². The molecular weight excluding hydrogens is 273 g/mol. The number of hydrogen-bond acceptors (Lipinski definition) is 1.